The van der Waals surface area contributed by atoms with E-state index in [1.54, 1.807) is 0 Å². The Morgan fingerprint density at radius 2 is 1.53 bits per heavy atom. The molecule has 0 aromatic carbocycles. The van der Waals surface area contributed by atoms with Gasteiger partial charge in [0.05, 0.1) is 13.1 Å². The largest absolute Gasteiger partial charge is 0.352 e. The number of rotatable bonds is 8. The molecule has 0 aliphatic carbocycles. The Morgan fingerprint density at radius 3 is 2.06 bits per heavy atom. The molecule has 0 spiro atoms. The third-order valence-corrected chi connectivity index (χ3v) is 2.69. The summed E-state index contributed by atoms with van der Waals surface area (Å²) in [7, 11) is 0. The van der Waals surface area contributed by atoms with Crippen LogP contribution in [0.2, 0.25) is 0 Å². The van der Waals surface area contributed by atoms with E-state index in [4.69, 9.17) is 0 Å². The molecule has 3 N–H and O–H groups in total. The minimum Gasteiger partial charge on any atom is -0.352 e. The number of carbonyl (C=O) groups is 2. The first-order chi connectivity index (χ1) is 7.99. The summed E-state index contributed by atoms with van der Waals surface area (Å²) in [5, 5.41) is 8.43. The van der Waals surface area contributed by atoms with E-state index in [0.717, 1.165) is 12.8 Å². The van der Waals surface area contributed by atoms with Crippen LogP contribution in [0.15, 0.2) is 0 Å². The molecule has 0 aliphatic heterocycles. The maximum absolute atomic E-state index is 11.4. The molecule has 2 atom stereocenters. The molecule has 0 fully saturated rings. The van der Waals surface area contributed by atoms with Gasteiger partial charge in [-0.2, -0.15) is 0 Å². The van der Waals surface area contributed by atoms with Crippen molar-refractivity contribution in [3.63, 3.8) is 0 Å². The third kappa shape index (κ3) is 8.68. The van der Waals surface area contributed by atoms with Gasteiger partial charge in [0.1, 0.15) is 0 Å². The Bertz CT molecular complexity index is 244. The summed E-state index contributed by atoms with van der Waals surface area (Å²) in [6, 6.07) is 0.465. The molecule has 0 bridgehead atoms. The molecule has 2 unspecified atom stereocenters. The van der Waals surface area contributed by atoms with Crippen LogP contribution in [0.5, 0.6) is 0 Å². The first kappa shape index (κ1) is 15.9. The van der Waals surface area contributed by atoms with E-state index in [1.807, 2.05) is 20.8 Å². The van der Waals surface area contributed by atoms with Gasteiger partial charge in [0.2, 0.25) is 11.8 Å². The number of carbonyl (C=O) groups excluding carboxylic acids is 2. The molecule has 100 valence electrons. The molecule has 0 radical (unpaired) electrons. The Morgan fingerprint density at radius 1 is 0.941 bits per heavy atom. The van der Waals surface area contributed by atoms with Crippen molar-refractivity contribution in [2.45, 2.75) is 52.6 Å². The van der Waals surface area contributed by atoms with Gasteiger partial charge in [-0.1, -0.05) is 13.8 Å². The topological polar surface area (TPSA) is 70.2 Å². The Labute approximate surface area is 104 Å². The molecule has 0 aromatic rings. The van der Waals surface area contributed by atoms with Crippen molar-refractivity contribution in [1.29, 1.82) is 0 Å². The van der Waals surface area contributed by atoms with E-state index in [9.17, 15) is 9.59 Å². The van der Waals surface area contributed by atoms with Crippen molar-refractivity contribution in [1.82, 2.24) is 16.0 Å². The van der Waals surface area contributed by atoms with Crippen molar-refractivity contribution in [3.8, 4) is 0 Å². The highest BCUT2D eigenvalue weighted by Crippen LogP contribution is 1.87. The summed E-state index contributed by atoms with van der Waals surface area (Å²) in [6.07, 6.45) is 1.86. The van der Waals surface area contributed by atoms with Crippen molar-refractivity contribution in [2.75, 3.05) is 13.1 Å². The zero-order chi connectivity index (χ0) is 13.3. The normalized spacial score (nSPS) is 13.9. The number of nitrogens with one attached hydrogen (secondary N) is 3. The summed E-state index contributed by atoms with van der Waals surface area (Å²) >= 11 is 0. The summed E-state index contributed by atoms with van der Waals surface area (Å²) in [4.78, 5) is 22.7. The van der Waals surface area contributed by atoms with E-state index in [1.165, 1.54) is 0 Å². The van der Waals surface area contributed by atoms with Crippen LogP contribution in [0.25, 0.3) is 0 Å². The van der Waals surface area contributed by atoms with Crippen LogP contribution in [0.3, 0.4) is 0 Å². The van der Waals surface area contributed by atoms with Gasteiger partial charge in [-0.3, -0.25) is 9.59 Å². The second-order valence-electron chi connectivity index (χ2n) is 4.34. The Hall–Kier alpha value is -1.10. The van der Waals surface area contributed by atoms with Crippen molar-refractivity contribution < 1.29 is 9.59 Å². The molecule has 17 heavy (non-hydrogen) atoms. The molecule has 0 saturated heterocycles. The van der Waals surface area contributed by atoms with Gasteiger partial charge in [-0.25, -0.2) is 0 Å². The van der Waals surface area contributed by atoms with Gasteiger partial charge < -0.3 is 16.0 Å². The average molecular weight is 243 g/mol. The van der Waals surface area contributed by atoms with E-state index < -0.39 is 0 Å². The van der Waals surface area contributed by atoms with Crippen LogP contribution in [0.1, 0.15) is 40.5 Å². The number of amides is 2. The van der Waals surface area contributed by atoms with E-state index in [2.05, 4.69) is 22.9 Å². The van der Waals surface area contributed by atoms with Crippen LogP contribution in [0, 0.1) is 0 Å². The van der Waals surface area contributed by atoms with Crippen LogP contribution >= 0.6 is 0 Å². The average Bonchev–Trinajstić information content (AvgIpc) is 2.32. The highest BCUT2D eigenvalue weighted by Gasteiger charge is 2.08. The fourth-order valence-corrected chi connectivity index (χ4v) is 1.08. The first-order valence-electron chi connectivity index (χ1n) is 6.29. The van der Waals surface area contributed by atoms with Crippen LogP contribution in [0.4, 0.5) is 0 Å². The van der Waals surface area contributed by atoms with Gasteiger partial charge in [0, 0.05) is 12.1 Å². The lowest BCUT2D eigenvalue weighted by Crippen LogP contribution is -2.44. The van der Waals surface area contributed by atoms with E-state index in [0.29, 0.717) is 6.04 Å². The van der Waals surface area contributed by atoms with Crippen molar-refractivity contribution in [2.24, 2.45) is 0 Å². The molecular formula is C12H25N3O2. The van der Waals surface area contributed by atoms with Gasteiger partial charge >= 0.3 is 0 Å². The third-order valence-electron chi connectivity index (χ3n) is 2.69. The van der Waals surface area contributed by atoms with Gasteiger partial charge in [-0.05, 0) is 26.7 Å². The molecule has 0 aromatic heterocycles. The molecule has 0 saturated carbocycles. The molecule has 0 heterocycles. The standard InChI is InChI=1S/C12H25N3O2/c1-5-9(3)13-7-11(16)14-8-12(17)15-10(4)6-2/h9-10,13H,5-8H2,1-4H3,(H,14,16)(H,15,17). The highest BCUT2D eigenvalue weighted by molar-refractivity contribution is 5.85. The summed E-state index contributed by atoms with van der Waals surface area (Å²) in [5.41, 5.74) is 0. The smallest absolute Gasteiger partial charge is 0.239 e. The van der Waals surface area contributed by atoms with Crippen molar-refractivity contribution >= 4 is 11.8 Å². The molecule has 0 rings (SSSR count). The van der Waals surface area contributed by atoms with Crippen LogP contribution in [-0.2, 0) is 9.59 Å². The monoisotopic (exact) mass is 243 g/mol. The minimum absolute atomic E-state index is 0.0470. The second-order valence-corrected chi connectivity index (χ2v) is 4.34. The van der Waals surface area contributed by atoms with E-state index >= 15 is 0 Å². The lowest BCUT2D eigenvalue weighted by molar-refractivity contribution is -0.126. The van der Waals surface area contributed by atoms with Crippen molar-refractivity contribution in [3.05, 3.63) is 0 Å². The second kappa shape index (κ2) is 8.98. The molecule has 5 nitrogen and oxygen atoms in total. The number of hydrogen-bond acceptors (Lipinski definition) is 3. The SMILES string of the molecule is CCC(C)NCC(=O)NCC(=O)NC(C)CC. The Kier molecular flexibility index (Phi) is 8.40. The van der Waals surface area contributed by atoms with Crippen LogP contribution < -0.4 is 16.0 Å². The zero-order valence-corrected chi connectivity index (χ0v) is 11.3. The molecule has 5 heteroatoms. The molecule has 0 aliphatic rings. The van der Waals surface area contributed by atoms with Crippen LogP contribution in [-0.4, -0.2) is 37.0 Å². The zero-order valence-electron chi connectivity index (χ0n) is 11.3. The Balaban J connectivity index is 3.66. The molecular weight excluding hydrogens is 218 g/mol. The fourth-order valence-electron chi connectivity index (χ4n) is 1.08. The highest BCUT2D eigenvalue weighted by atomic mass is 16.2. The fraction of sp³-hybridized carbons (Fsp3) is 0.833. The minimum atomic E-state index is -0.149. The summed E-state index contributed by atoms with van der Waals surface area (Å²) in [5.74, 6) is -0.291. The summed E-state index contributed by atoms with van der Waals surface area (Å²) in [6.45, 7) is 8.30. The van der Waals surface area contributed by atoms with Gasteiger partial charge in [0.25, 0.3) is 0 Å². The summed E-state index contributed by atoms with van der Waals surface area (Å²) < 4.78 is 0. The maximum Gasteiger partial charge on any atom is 0.239 e. The lowest BCUT2D eigenvalue weighted by atomic mass is 10.2. The number of hydrogen-bond donors (Lipinski definition) is 3. The van der Waals surface area contributed by atoms with Gasteiger partial charge in [0.15, 0.2) is 0 Å². The first-order valence-corrected chi connectivity index (χ1v) is 6.29. The quantitative estimate of drug-likeness (QED) is 0.578. The van der Waals surface area contributed by atoms with Gasteiger partial charge in [-0.15, -0.1) is 0 Å². The predicted molar refractivity (Wildman–Crippen MR) is 68.7 cm³/mol. The lowest BCUT2D eigenvalue weighted by Gasteiger charge is -2.13. The van der Waals surface area contributed by atoms with E-state index in [-0.39, 0.29) is 30.9 Å². The maximum atomic E-state index is 11.4. The predicted octanol–water partition coefficient (Wildman–Crippen LogP) is 0.405. The molecule has 2 amide bonds.